The highest BCUT2D eigenvalue weighted by Crippen LogP contribution is 2.37. The van der Waals surface area contributed by atoms with Crippen LogP contribution in [0.15, 0.2) is 65.0 Å². The van der Waals surface area contributed by atoms with Gasteiger partial charge in [0.25, 0.3) is 0 Å². The largest absolute Gasteiger partial charge is 0.478 e. The number of thioether (sulfide) groups is 1. The van der Waals surface area contributed by atoms with Crippen molar-refractivity contribution in [3.05, 3.63) is 81.5 Å². The molecule has 2 heterocycles. The van der Waals surface area contributed by atoms with E-state index in [0.717, 1.165) is 11.1 Å². The molecule has 0 amide bonds. The van der Waals surface area contributed by atoms with Crippen molar-refractivity contribution in [2.45, 2.75) is 30.8 Å². The summed E-state index contributed by atoms with van der Waals surface area (Å²) in [4.78, 5) is 28.4. The predicted octanol–water partition coefficient (Wildman–Crippen LogP) is 4.77. The van der Waals surface area contributed by atoms with Gasteiger partial charge >= 0.3 is 11.9 Å². The fraction of sp³-hybridized carbons (Fsp3) is 0.217. The van der Waals surface area contributed by atoms with E-state index in [-0.39, 0.29) is 12.2 Å². The number of fused-ring (bicyclic) bond motifs is 1. The van der Waals surface area contributed by atoms with Crippen LogP contribution in [-0.4, -0.2) is 38.4 Å². The third-order valence-electron chi connectivity index (χ3n) is 5.08. The van der Waals surface area contributed by atoms with Crippen molar-refractivity contribution in [3.8, 4) is 0 Å². The second-order valence-corrected chi connectivity index (χ2v) is 8.67. The summed E-state index contributed by atoms with van der Waals surface area (Å²) < 4.78 is 6.99. The number of carbonyl (C=O) groups is 2. The summed E-state index contributed by atoms with van der Waals surface area (Å²) in [7, 11) is 0. The third kappa shape index (κ3) is 4.89. The van der Waals surface area contributed by atoms with Gasteiger partial charge in [-0.3, -0.25) is 0 Å². The van der Waals surface area contributed by atoms with Crippen molar-refractivity contribution in [2.24, 2.45) is 0 Å². The van der Waals surface area contributed by atoms with Gasteiger partial charge < -0.3 is 15.2 Å². The number of esters is 1. The highest BCUT2D eigenvalue weighted by Gasteiger charge is 2.35. The first kappa shape index (κ1) is 22.9. The zero-order valence-electron chi connectivity index (χ0n) is 17.9. The van der Waals surface area contributed by atoms with Crippen LogP contribution in [0.1, 0.15) is 41.4 Å². The minimum absolute atomic E-state index is 0.238. The van der Waals surface area contributed by atoms with Crippen molar-refractivity contribution in [3.63, 3.8) is 0 Å². The molecule has 2 aromatic carbocycles. The zero-order chi connectivity index (χ0) is 23.5. The number of nitrogens with one attached hydrogen (secondary N) is 1. The standard InChI is InChI=1S/C23H21ClN4O4S/c1-3-32-21(31)18-13(2)25-22-26-23(33-12-14-4-6-16(7-5-14)20(29)30)27-28(22)19(18)15-8-10-17(24)11-9-15/h4-11,19H,3,12H2,1-2H3,(H,29,30)(H,25,26,27). The maximum atomic E-state index is 12.8. The highest BCUT2D eigenvalue weighted by molar-refractivity contribution is 7.98. The van der Waals surface area contributed by atoms with Crippen LogP contribution < -0.4 is 5.32 Å². The van der Waals surface area contributed by atoms with Gasteiger partial charge in [-0.1, -0.05) is 47.6 Å². The number of aromatic carboxylic acids is 1. The Labute approximate surface area is 199 Å². The first-order valence-electron chi connectivity index (χ1n) is 10.2. The molecule has 1 aliphatic heterocycles. The van der Waals surface area contributed by atoms with Gasteiger partial charge in [0.05, 0.1) is 17.7 Å². The van der Waals surface area contributed by atoms with E-state index < -0.39 is 18.0 Å². The molecule has 0 fully saturated rings. The molecule has 0 saturated heterocycles. The Kier molecular flexibility index (Phi) is 6.71. The van der Waals surface area contributed by atoms with Gasteiger partial charge in [0.15, 0.2) is 0 Å². The Bertz CT molecular complexity index is 1220. The first-order valence-corrected chi connectivity index (χ1v) is 11.6. The molecule has 2 N–H and O–H groups in total. The Morgan fingerprint density at radius 1 is 1.18 bits per heavy atom. The number of benzene rings is 2. The van der Waals surface area contributed by atoms with Crippen LogP contribution in [0.2, 0.25) is 5.02 Å². The van der Waals surface area contributed by atoms with Gasteiger partial charge in [-0.2, -0.15) is 4.98 Å². The van der Waals surface area contributed by atoms with Crippen molar-refractivity contribution in [1.29, 1.82) is 0 Å². The second-order valence-electron chi connectivity index (χ2n) is 7.29. The summed E-state index contributed by atoms with van der Waals surface area (Å²) in [6.45, 7) is 3.83. The van der Waals surface area contributed by atoms with Crippen LogP contribution in [0.3, 0.4) is 0 Å². The van der Waals surface area contributed by atoms with Gasteiger partial charge in [0, 0.05) is 16.5 Å². The highest BCUT2D eigenvalue weighted by atomic mass is 35.5. The molecule has 33 heavy (non-hydrogen) atoms. The van der Waals surface area contributed by atoms with Crippen LogP contribution in [0.25, 0.3) is 0 Å². The molecule has 10 heteroatoms. The second kappa shape index (κ2) is 9.68. The lowest BCUT2D eigenvalue weighted by Gasteiger charge is -2.28. The Morgan fingerprint density at radius 3 is 2.52 bits per heavy atom. The van der Waals surface area contributed by atoms with Crippen molar-refractivity contribution >= 4 is 41.2 Å². The molecule has 8 nitrogen and oxygen atoms in total. The molecule has 0 radical (unpaired) electrons. The molecular formula is C23H21ClN4O4S. The quantitative estimate of drug-likeness (QED) is 0.364. The van der Waals surface area contributed by atoms with Crippen LogP contribution in [0.5, 0.6) is 0 Å². The van der Waals surface area contributed by atoms with Gasteiger partial charge in [0.1, 0.15) is 6.04 Å². The summed E-state index contributed by atoms with van der Waals surface area (Å²) in [5, 5.41) is 18.0. The Hall–Kier alpha value is -3.30. The number of halogens is 1. The molecule has 170 valence electrons. The number of nitrogens with zero attached hydrogens (tertiary/aromatic N) is 3. The lowest BCUT2D eigenvalue weighted by atomic mass is 9.96. The van der Waals surface area contributed by atoms with E-state index in [1.54, 1.807) is 48.0 Å². The number of carbonyl (C=O) groups excluding carboxylic acids is 1. The number of ether oxygens (including phenoxy) is 1. The minimum Gasteiger partial charge on any atom is -0.478 e. The molecule has 1 aliphatic rings. The number of carboxylic acids is 1. The number of hydrogen-bond donors (Lipinski definition) is 2. The Balaban J connectivity index is 1.63. The zero-order valence-corrected chi connectivity index (χ0v) is 19.5. The molecule has 1 aromatic heterocycles. The number of rotatable bonds is 7. The molecule has 1 atom stereocenters. The fourth-order valence-corrected chi connectivity index (χ4v) is 4.42. The lowest BCUT2D eigenvalue weighted by Crippen LogP contribution is -2.29. The number of allylic oxidation sites excluding steroid dienone is 1. The minimum atomic E-state index is -0.961. The molecular weight excluding hydrogens is 464 g/mol. The number of anilines is 1. The predicted molar refractivity (Wildman–Crippen MR) is 126 cm³/mol. The molecule has 3 aromatic rings. The molecule has 0 aliphatic carbocycles. The van der Waals surface area contributed by atoms with Crippen LogP contribution in [-0.2, 0) is 15.3 Å². The average Bonchev–Trinajstić information content (AvgIpc) is 3.20. The number of carboxylic acid groups (broad SMARTS) is 1. The molecule has 0 saturated carbocycles. The van der Waals surface area contributed by atoms with E-state index in [1.165, 1.54) is 11.8 Å². The number of hydrogen-bond acceptors (Lipinski definition) is 7. The van der Waals surface area contributed by atoms with Crippen LogP contribution in [0.4, 0.5) is 5.95 Å². The van der Waals surface area contributed by atoms with Gasteiger partial charge in [0.2, 0.25) is 11.1 Å². The Morgan fingerprint density at radius 2 is 1.88 bits per heavy atom. The van der Waals surface area contributed by atoms with Gasteiger partial charge in [-0.05, 0) is 49.2 Å². The number of aromatic nitrogens is 3. The average molecular weight is 485 g/mol. The van der Waals surface area contributed by atoms with E-state index in [1.807, 2.05) is 19.1 Å². The van der Waals surface area contributed by atoms with Crippen LogP contribution >= 0.6 is 23.4 Å². The summed E-state index contributed by atoms with van der Waals surface area (Å²) in [5.41, 5.74) is 3.12. The molecule has 0 bridgehead atoms. The summed E-state index contributed by atoms with van der Waals surface area (Å²) in [5.74, 6) is -0.302. The van der Waals surface area contributed by atoms with Crippen LogP contribution in [0, 0.1) is 0 Å². The third-order valence-corrected chi connectivity index (χ3v) is 6.24. The van der Waals surface area contributed by atoms with Gasteiger partial charge in [-0.25, -0.2) is 14.3 Å². The van der Waals surface area contributed by atoms with E-state index in [4.69, 9.17) is 21.4 Å². The normalized spacial score (nSPS) is 15.1. The van der Waals surface area contributed by atoms with E-state index in [0.29, 0.717) is 33.2 Å². The lowest BCUT2D eigenvalue weighted by molar-refractivity contribution is -0.139. The van der Waals surface area contributed by atoms with E-state index in [2.05, 4.69) is 15.4 Å². The molecule has 1 unspecified atom stereocenters. The molecule has 0 spiro atoms. The summed E-state index contributed by atoms with van der Waals surface area (Å²) >= 11 is 7.49. The SMILES string of the molecule is CCOC(=O)C1=C(C)Nc2nc(SCc3ccc(C(=O)O)cc3)nn2C1c1ccc(Cl)cc1. The van der Waals surface area contributed by atoms with E-state index >= 15 is 0 Å². The summed E-state index contributed by atoms with van der Waals surface area (Å²) in [6, 6.07) is 13.4. The maximum Gasteiger partial charge on any atom is 0.338 e. The smallest absolute Gasteiger partial charge is 0.338 e. The summed E-state index contributed by atoms with van der Waals surface area (Å²) in [6.07, 6.45) is 0. The van der Waals surface area contributed by atoms with Crippen molar-refractivity contribution < 1.29 is 19.4 Å². The topological polar surface area (TPSA) is 106 Å². The van der Waals surface area contributed by atoms with Gasteiger partial charge in [-0.15, -0.1) is 5.10 Å². The van der Waals surface area contributed by atoms with Crippen molar-refractivity contribution in [2.75, 3.05) is 11.9 Å². The molecule has 4 rings (SSSR count). The monoisotopic (exact) mass is 484 g/mol. The maximum absolute atomic E-state index is 12.8. The van der Waals surface area contributed by atoms with Crippen molar-refractivity contribution in [1.82, 2.24) is 14.8 Å². The fourth-order valence-electron chi connectivity index (χ4n) is 3.51. The van der Waals surface area contributed by atoms with E-state index in [9.17, 15) is 9.59 Å². The first-order chi connectivity index (χ1) is 15.9.